The Morgan fingerprint density at radius 1 is 0.976 bits per heavy atom. The van der Waals surface area contributed by atoms with Gasteiger partial charge in [-0.05, 0) is 49.7 Å². The van der Waals surface area contributed by atoms with Crippen LogP contribution in [0.1, 0.15) is 32.3 Å². The van der Waals surface area contributed by atoms with Crippen LogP contribution in [0.15, 0.2) is 77.7 Å². The summed E-state index contributed by atoms with van der Waals surface area (Å²) < 4.78 is 28.4. The van der Waals surface area contributed by atoms with Crippen molar-refractivity contribution in [2.75, 3.05) is 17.4 Å². The molecule has 10 nitrogen and oxygen atoms in total. The topological polar surface area (TPSA) is 130 Å². The van der Waals surface area contributed by atoms with E-state index in [1.807, 2.05) is 6.92 Å². The molecule has 0 radical (unpaired) electrons. The molecule has 0 aliphatic heterocycles. The molecule has 0 bridgehead atoms. The van der Waals surface area contributed by atoms with E-state index in [1.54, 1.807) is 24.3 Å². The molecule has 0 aliphatic rings. The van der Waals surface area contributed by atoms with Crippen LogP contribution in [0, 0.1) is 10.1 Å². The summed E-state index contributed by atoms with van der Waals surface area (Å²) in [5.74, 6) is -1.14. The molecule has 3 aromatic carbocycles. The molecular formula is C28H30Cl2N4O6S. The Bertz CT molecular complexity index is 1470. The summed E-state index contributed by atoms with van der Waals surface area (Å²) in [6, 6.07) is 16.1. The van der Waals surface area contributed by atoms with Crippen LogP contribution in [0.25, 0.3) is 0 Å². The minimum absolute atomic E-state index is 0.0311. The van der Waals surface area contributed by atoms with Gasteiger partial charge in [0, 0.05) is 40.8 Å². The first-order chi connectivity index (χ1) is 19.5. The summed E-state index contributed by atoms with van der Waals surface area (Å²) in [4.78, 5) is 38.7. The minimum atomic E-state index is -4.31. The third-order valence-corrected chi connectivity index (χ3v) is 8.84. The summed E-state index contributed by atoms with van der Waals surface area (Å²) in [7, 11) is -4.31. The third kappa shape index (κ3) is 7.96. The van der Waals surface area contributed by atoms with Crippen molar-refractivity contribution in [1.29, 1.82) is 0 Å². The highest BCUT2D eigenvalue weighted by Gasteiger charge is 2.33. The van der Waals surface area contributed by atoms with E-state index >= 15 is 0 Å². The maximum Gasteiger partial charge on any atom is 0.269 e. The van der Waals surface area contributed by atoms with Gasteiger partial charge in [0.1, 0.15) is 12.6 Å². The predicted octanol–water partition coefficient (Wildman–Crippen LogP) is 5.43. The first-order valence-corrected chi connectivity index (χ1v) is 15.0. The number of nitrogens with zero attached hydrogens (tertiary/aromatic N) is 3. The van der Waals surface area contributed by atoms with Gasteiger partial charge in [-0.1, -0.05) is 60.8 Å². The van der Waals surface area contributed by atoms with Gasteiger partial charge < -0.3 is 10.2 Å². The van der Waals surface area contributed by atoms with E-state index in [0.29, 0.717) is 12.1 Å². The monoisotopic (exact) mass is 620 g/mol. The second-order valence-corrected chi connectivity index (χ2v) is 11.8. The Labute approximate surface area is 249 Å². The summed E-state index contributed by atoms with van der Waals surface area (Å²) in [6.45, 7) is 3.05. The molecule has 41 heavy (non-hydrogen) atoms. The predicted molar refractivity (Wildman–Crippen MR) is 158 cm³/mol. The number of unbranched alkanes of at least 4 members (excludes halogenated alkanes) is 1. The van der Waals surface area contributed by atoms with Crippen molar-refractivity contribution in [3.63, 3.8) is 0 Å². The molecule has 0 unspecified atom stereocenters. The lowest BCUT2D eigenvalue weighted by Crippen LogP contribution is -2.51. The van der Waals surface area contributed by atoms with E-state index in [-0.39, 0.29) is 32.9 Å². The highest BCUT2D eigenvalue weighted by Crippen LogP contribution is 2.29. The molecule has 13 heteroatoms. The number of anilines is 1. The fourth-order valence-electron chi connectivity index (χ4n) is 3.96. The number of nitro groups is 1. The van der Waals surface area contributed by atoms with Crippen molar-refractivity contribution >= 4 is 56.4 Å². The third-order valence-electron chi connectivity index (χ3n) is 6.35. The zero-order valence-corrected chi connectivity index (χ0v) is 24.8. The summed E-state index contributed by atoms with van der Waals surface area (Å²) in [6.07, 6.45) is 1.60. The number of amides is 2. The lowest BCUT2D eigenvalue weighted by atomic mass is 10.1. The highest BCUT2D eigenvalue weighted by atomic mass is 35.5. The smallest absolute Gasteiger partial charge is 0.269 e. The molecule has 1 N–H and O–H groups in total. The lowest BCUT2D eigenvalue weighted by Gasteiger charge is -2.32. The first kappa shape index (κ1) is 31.9. The second kappa shape index (κ2) is 14.3. The second-order valence-electron chi connectivity index (χ2n) is 9.14. The Balaban J connectivity index is 2.05. The first-order valence-electron chi connectivity index (χ1n) is 12.8. The van der Waals surface area contributed by atoms with E-state index in [4.69, 9.17) is 23.2 Å². The number of nitrogens with one attached hydrogen (secondary N) is 1. The van der Waals surface area contributed by atoms with Gasteiger partial charge in [0.05, 0.1) is 15.5 Å². The van der Waals surface area contributed by atoms with Gasteiger partial charge in [-0.3, -0.25) is 24.0 Å². The molecule has 1 atom stereocenters. The molecule has 3 rings (SSSR count). The Morgan fingerprint density at radius 2 is 1.59 bits per heavy atom. The van der Waals surface area contributed by atoms with E-state index in [9.17, 15) is 28.1 Å². The number of hydrogen-bond donors (Lipinski definition) is 1. The van der Waals surface area contributed by atoms with Crippen LogP contribution in [0.4, 0.5) is 11.4 Å². The summed E-state index contributed by atoms with van der Waals surface area (Å²) in [5, 5.41) is 14.5. The molecular weight excluding hydrogens is 591 g/mol. The maximum atomic E-state index is 13.9. The Hall–Kier alpha value is -3.67. The van der Waals surface area contributed by atoms with E-state index in [2.05, 4.69) is 5.32 Å². The van der Waals surface area contributed by atoms with Gasteiger partial charge in [-0.15, -0.1) is 0 Å². The molecule has 0 fully saturated rings. The lowest BCUT2D eigenvalue weighted by molar-refractivity contribution is -0.384. The SMILES string of the molecule is CCCCNC(=O)[C@@H](C)N(Cc1c(Cl)cccc1Cl)C(=O)CN(c1ccc([N+](=O)[O-])cc1)S(=O)(=O)c1ccccc1. The van der Waals surface area contributed by atoms with Crippen LogP contribution in [-0.4, -0.2) is 49.2 Å². The van der Waals surface area contributed by atoms with Crippen LogP contribution in [0.5, 0.6) is 0 Å². The number of benzene rings is 3. The van der Waals surface area contributed by atoms with Crippen molar-refractivity contribution in [1.82, 2.24) is 10.2 Å². The van der Waals surface area contributed by atoms with Crippen molar-refractivity contribution in [3.05, 3.63) is 98.5 Å². The number of carbonyl (C=O) groups is 2. The summed E-state index contributed by atoms with van der Waals surface area (Å²) in [5.41, 5.74) is 0.179. The van der Waals surface area contributed by atoms with E-state index in [1.165, 1.54) is 48.2 Å². The highest BCUT2D eigenvalue weighted by molar-refractivity contribution is 7.92. The quantitative estimate of drug-likeness (QED) is 0.154. The van der Waals surface area contributed by atoms with Gasteiger partial charge in [0.15, 0.2) is 0 Å². The minimum Gasteiger partial charge on any atom is -0.354 e. The molecule has 0 aromatic heterocycles. The van der Waals surface area contributed by atoms with Crippen LogP contribution in [0.2, 0.25) is 10.0 Å². The van der Waals surface area contributed by atoms with Gasteiger partial charge in [0.2, 0.25) is 11.8 Å². The van der Waals surface area contributed by atoms with Gasteiger partial charge in [0.25, 0.3) is 15.7 Å². The number of non-ortho nitro benzene ring substituents is 1. The summed E-state index contributed by atoms with van der Waals surface area (Å²) >= 11 is 12.8. The molecule has 3 aromatic rings. The van der Waals surface area contributed by atoms with Crippen LogP contribution >= 0.6 is 23.2 Å². The Morgan fingerprint density at radius 3 is 2.15 bits per heavy atom. The molecule has 0 saturated heterocycles. The van der Waals surface area contributed by atoms with Crippen LogP contribution in [-0.2, 0) is 26.2 Å². The van der Waals surface area contributed by atoms with E-state index < -0.39 is 39.3 Å². The normalized spacial score (nSPS) is 11.9. The number of nitro benzene ring substituents is 1. The number of hydrogen-bond acceptors (Lipinski definition) is 6. The number of sulfonamides is 1. The van der Waals surface area contributed by atoms with Crippen molar-refractivity contribution in [3.8, 4) is 0 Å². The fourth-order valence-corrected chi connectivity index (χ4v) is 5.91. The molecule has 0 aliphatic carbocycles. The van der Waals surface area contributed by atoms with Gasteiger partial charge >= 0.3 is 0 Å². The van der Waals surface area contributed by atoms with Crippen molar-refractivity contribution in [2.45, 2.75) is 44.2 Å². The number of rotatable bonds is 13. The molecule has 0 spiro atoms. The number of halogens is 2. The average Bonchev–Trinajstić information content (AvgIpc) is 2.96. The average molecular weight is 622 g/mol. The fraction of sp³-hybridized carbons (Fsp3) is 0.286. The van der Waals surface area contributed by atoms with Crippen LogP contribution in [0.3, 0.4) is 0 Å². The molecule has 218 valence electrons. The van der Waals surface area contributed by atoms with Gasteiger partial charge in [-0.25, -0.2) is 8.42 Å². The zero-order valence-electron chi connectivity index (χ0n) is 22.5. The van der Waals surface area contributed by atoms with E-state index in [0.717, 1.165) is 29.3 Å². The van der Waals surface area contributed by atoms with Crippen molar-refractivity contribution in [2.24, 2.45) is 0 Å². The zero-order chi connectivity index (χ0) is 30.2. The largest absolute Gasteiger partial charge is 0.354 e. The molecule has 0 saturated carbocycles. The number of carbonyl (C=O) groups excluding carboxylic acids is 2. The maximum absolute atomic E-state index is 13.9. The van der Waals surface area contributed by atoms with Crippen LogP contribution < -0.4 is 9.62 Å². The van der Waals surface area contributed by atoms with Crippen molar-refractivity contribution < 1.29 is 22.9 Å². The Kier molecular flexibility index (Phi) is 11.1. The molecule has 0 heterocycles. The molecule has 2 amide bonds. The standard InChI is InChI=1S/C28H30Cl2N4O6S/c1-3-4-17-31-28(36)20(2)32(18-24-25(29)11-8-12-26(24)30)27(35)19-33(21-13-15-22(16-14-21)34(37)38)41(39,40)23-9-6-5-7-10-23/h5-16,20H,3-4,17-19H2,1-2H3,(H,31,36)/t20-/m1/s1. The van der Waals surface area contributed by atoms with Gasteiger partial charge in [-0.2, -0.15) is 0 Å².